The van der Waals surface area contributed by atoms with Crippen LogP contribution in [0.1, 0.15) is 46.0 Å². The van der Waals surface area contributed by atoms with Gasteiger partial charge in [-0.25, -0.2) is 0 Å². The molecule has 0 aromatic rings. The summed E-state index contributed by atoms with van der Waals surface area (Å²) >= 11 is 0. The van der Waals surface area contributed by atoms with Crippen molar-refractivity contribution in [2.45, 2.75) is 51.2 Å². The van der Waals surface area contributed by atoms with Crippen LogP contribution in [0.2, 0.25) is 0 Å². The zero-order chi connectivity index (χ0) is 8.69. The molecule has 0 bridgehead atoms. The Balaban J connectivity index is 3.17. The monoisotopic (exact) mass is 176 g/mol. The van der Waals surface area contributed by atoms with E-state index < -0.39 is 10.8 Å². The lowest BCUT2D eigenvalue weighted by Gasteiger charge is -2.06. The van der Waals surface area contributed by atoms with Gasteiger partial charge in [-0.15, -0.1) is 0 Å². The molecule has 0 fully saturated rings. The first-order chi connectivity index (χ1) is 5.18. The maximum atomic E-state index is 10.9. The Labute approximate surface area is 73.0 Å². The highest BCUT2D eigenvalue weighted by Gasteiger charge is 2.04. The van der Waals surface area contributed by atoms with Crippen molar-refractivity contribution >= 4 is 10.8 Å². The van der Waals surface area contributed by atoms with Crippen LogP contribution in [0.3, 0.4) is 0 Å². The smallest absolute Gasteiger partial charge is 0.0317 e. The van der Waals surface area contributed by atoms with E-state index in [-0.39, 0.29) is 0 Å². The van der Waals surface area contributed by atoms with Gasteiger partial charge in [0.15, 0.2) is 0 Å². The number of rotatable bonds is 6. The molecule has 0 aromatic carbocycles. The third kappa shape index (κ3) is 6.54. The van der Waals surface area contributed by atoms with E-state index in [2.05, 4.69) is 13.8 Å². The number of hydrogen-bond donors (Lipinski definition) is 0. The molecular formula is C9H20OS. The predicted molar refractivity (Wildman–Crippen MR) is 52.3 cm³/mol. The quantitative estimate of drug-likeness (QED) is 0.569. The molecule has 0 heterocycles. The number of unbranched alkanes of at least 4 members (excludes halogenated alkanes) is 3. The maximum Gasteiger partial charge on any atom is 0.0317 e. The minimum atomic E-state index is -0.616. The first-order valence-corrected chi connectivity index (χ1v) is 6.12. The van der Waals surface area contributed by atoms with Crippen molar-refractivity contribution in [3.63, 3.8) is 0 Å². The molecular weight excluding hydrogens is 156 g/mol. The van der Waals surface area contributed by atoms with Gasteiger partial charge in [-0.05, 0) is 6.42 Å². The van der Waals surface area contributed by atoms with Gasteiger partial charge in [-0.2, -0.15) is 0 Å². The van der Waals surface area contributed by atoms with Crippen molar-refractivity contribution in [1.29, 1.82) is 0 Å². The Morgan fingerprint density at radius 2 is 1.91 bits per heavy atom. The third-order valence-corrected chi connectivity index (χ3v) is 3.40. The Morgan fingerprint density at radius 3 is 2.36 bits per heavy atom. The second-order valence-electron chi connectivity index (χ2n) is 3.16. The standard InChI is InChI=1S/C9H20OS/c1-4-5-6-7-8-9(2)11(3)10/h9H,4-8H2,1-3H3. The Hall–Kier alpha value is 0.150. The van der Waals surface area contributed by atoms with E-state index in [4.69, 9.17) is 0 Å². The zero-order valence-electron chi connectivity index (χ0n) is 7.93. The minimum absolute atomic E-state index is 0.395. The average molecular weight is 176 g/mol. The molecule has 0 N–H and O–H groups in total. The van der Waals surface area contributed by atoms with Crippen molar-refractivity contribution in [2.75, 3.05) is 6.26 Å². The topological polar surface area (TPSA) is 17.1 Å². The molecule has 0 amide bonds. The summed E-state index contributed by atoms with van der Waals surface area (Å²) in [7, 11) is -0.616. The van der Waals surface area contributed by atoms with Gasteiger partial charge in [0, 0.05) is 22.3 Å². The first-order valence-electron chi connectivity index (χ1n) is 4.50. The highest BCUT2D eigenvalue weighted by atomic mass is 32.2. The summed E-state index contributed by atoms with van der Waals surface area (Å²) in [5, 5.41) is 0.395. The second-order valence-corrected chi connectivity index (χ2v) is 4.96. The van der Waals surface area contributed by atoms with Gasteiger partial charge >= 0.3 is 0 Å². The molecule has 1 nitrogen and oxygen atoms in total. The third-order valence-electron chi connectivity index (χ3n) is 2.03. The highest BCUT2D eigenvalue weighted by molar-refractivity contribution is 7.84. The van der Waals surface area contributed by atoms with Crippen molar-refractivity contribution in [2.24, 2.45) is 0 Å². The molecule has 2 unspecified atom stereocenters. The molecule has 11 heavy (non-hydrogen) atoms. The van der Waals surface area contributed by atoms with Gasteiger partial charge in [0.05, 0.1) is 0 Å². The van der Waals surface area contributed by atoms with E-state index in [1.807, 2.05) is 0 Å². The fourth-order valence-electron chi connectivity index (χ4n) is 1.02. The van der Waals surface area contributed by atoms with E-state index in [0.717, 1.165) is 6.42 Å². The fourth-order valence-corrected chi connectivity index (χ4v) is 1.52. The van der Waals surface area contributed by atoms with E-state index >= 15 is 0 Å². The van der Waals surface area contributed by atoms with Crippen molar-refractivity contribution in [1.82, 2.24) is 0 Å². The lowest BCUT2D eigenvalue weighted by Crippen LogP contribution is -2.08. The Kier molecular flexibility index (Phi) is 6.93. The lowest BCUT2D eigenvalue weighted by molar-refractivity contribution is 0.616. The molecule has 0 aliphatic carbocycles. The van der Waals surface area contributed by atoms with Gasteiger partial charge in [-0.3, -0.25) is 4.21 Å². The molecule has 2 heteroatoms. The summed E-state index contributed by atoms with van der Waals surface area (Å²) in [6, 6.07) is 0. The van der Waals surface area contributed by atoms with E-state index in [9.17, 15) is 4.21 Å². The molecule has 0 saturated heterocycles. The van der Waals surface area contributed by atoms with E-state index in [1.54, 1.807) is 6.26 Å². The molecule has 2 atom stereocenters. The van der Waals surface area contributed by atoms with Crippen LogP contribution in [-0.2, 0) is 10.8 Å². The van der Waals surface area contributed by atoms with Crippen LogP contribution < -0.4 is 0 Å². The molecule has 0 radical (unpaired) electrons. The van der Waals surface area contributed by atoms with Crippen LogP contribution in [0.5, 0.6) is 0 Å². The van der Waals surface area contributed by atoms with Gasteiger partial charge in [0.2, 0.25) is 0 Å². The van der Waals surface area contributed by atoms with Gasteiger partial charge in [-0.1, -0.05) is 39.5 Å². The fraction of sp³-hybridized carbons (Fsp3) is 1.00. The SMILES string of the molecule is CCCCCCC(C)S(C)=O. The molecule has 0 rings (SSSR count). The predicted octanol–water partition coefficient (Wildman–Crippen LogP) is 2.72. The zero-order valence-corrected chi connectivity index (χ0v) is 8.75. The molecule has 0 aromatic heterocycles. The van der Waals surface area contributed by atoms with Gasteiger partial charge in [0.25, 0.3) is 0 Å². The normalized spacial score (nSPS) is 16.3. The van der Waals surface area contributed by atoms with E-state index in [0.29, 0.717) is 5.25 Å². The lowest BCUT2D eigenvalue weighted by atomic mass is 10.1. The molecule has 0 aliphatic rings. The highest BCUT2D eigenvalue weighted by Crippen LogP contribution is 2.08. The summed E-state index contributed by atoms with van der Waals surface area (Å²) < 4.78 is 10.9. The van der Waals surface area contributed by atoms with Crippen LogP contribution in [0, 0.1) is 0 Å². The summed E-state index contributed by atoms with van der Waals surface area (Å²) in [5.74, 6) is 0. The maximum absolute atomic E-state index is 10.9. The Morgan fingerprint density at radius 1 is 1.27 bits per heavy atom. The second kappa shape index (κ2) is 6.84. The van der Waals surface area contributed by atoms with Gasteiger partial charge in [0.1, 0.15) is 0 Å². The summed E-state index contributed by atoms with van der Waals surface area (Å²) in [5.41, 5.74) is 0. The van der Waals surface area contributed by atoms with Crippen LogP contribution >= 0.6 is 0 Å². The van der Waals surface area contributed by atoms with Crippen molar-refractivity contribution < 1.29 is 4.21 Å². The summed E-state index contributed by atoms with van der Waals surface area (Å²) in [6.45, 7) is 4.28. The Bertz CT molecular complexity index is 112. The van der Waals surface area contributed by atoms with Crippen LogP contribution in [0.15, 0.2) is 0 Å². The van der Waals surface area contributed by atoms with Crippen molar-refractivity contribution in [3.05, 3.63) is 0 Å². The van der Waals surface area contributed by atoms with E-state index in [1.165, 1.54) is 25.7 Å². The summed E-state index contributed by atoms with van der Waals surface area (Å²) in [4.78, 5) is 0. The summed E-state index contributed by atoms with van der Waals surface area (Å²) in [6.07, 6.45) is 8.08. The van der Waals surface area contributed by atoms with Crippen LogP contribution in [0.25, 0.3) is 0 Å². The average Bonchev–Trinajstić information content (AvgIpc) is 1.97. The number of hydrogen-bond acceptors (Lipinski definition) is 1. The van der Waals surface area contributed by atoms with Crippen LogP contribution in [-0.4, -0.2) is 15.7 Å². The van der Waals surface area contributed by atoms with Crippen LogP contribution in [0.4, 0.5) is 0 Å². The van der Waals surface area contributed by atoms with Gasteiger partial charge < -0.3 is 0 Å². The molecule has 68 valence electrons. The first kappa shape index (κ1) is 11.2. The van der Waals surface area contributed by atoms with Crippen molar-refractivity contribution in [3.8, 4) is 0 Å². The molecule has 0 spiro atoms. The minimum Gasteiger partial charge on any atom is -0.260 e. The largest absolute Gasteiger partial charge is 0.260 e. The molecule has 0 saturated carbocycles. The molecule has 0 aliphatic heterocycles.